The van der Waals surface area contributed by atoms with Crippen molar-refractivity contribution < 1.29 is 9.90 Å². The number of hydrogen-bond acceptors (Lipinski definition) is 3. The number of nitrogens with zero attached hydrogens (tertiary/aromatic N) is 1. The molecule has 0 bridgehead atoms. The first-order valence-electron chi connectivity index (χ1n) is 5.78. The van der Waals surface area contributed by atoms with E-state index in [0.29, 0.717) is 12.5 Å². The lowest BCUT2D eigenvalue weighted by Crippen LogP contribution is -2.52. The number of likely N-dealkylation sites (tertiary alicyclic amines) is 1. The van der Waals surface area contributed by atoms with Crippen LogP contribution in [0.25, 0.3) is 0 Å². The van der Waals surface area contributed by atoms with Crippen molar-refractivity contribution in [3.63, 3.8) is 0 Å². The highest BCUT2D eigenvalue weighted by Gasteiger charge is 2.27. The lowest BCUT2D eigenvalue weighted by molar-refractivity contribution is -0.124. The Morgan fingerprint density at radius 3 is 2.80 bits per heavy atom. The van der Waals surface area contributed by atoms with Crippen LogP contribution >= 0.6 is 0 Å². The summed E-state index contributed by atoms with van der Waals surface area (Å²) in [6.07, 6.45) is 2.13. The van der Waals surface area contributed by atoms with Crippen LogP contribution < -0.4 is 5.32 Å². The van der Waals surface area contributed by atoms with Gasteiger partial charge in [-0.15, -0.1) is 0 Å². The second kappa shape index (κ2) is 6.08. The lowest BCUT2D eigenvalue weighted by atomic mass is 10.0. The van der Waals surface area contributed by atoms with Crippen molar-refractivity contribution in [3.8, 4) is 0 Å². The summed E-state index contributed by atoms with van der Waals surface area (Å²) >= 11 is 0. The number of amides is 1. The number of nitrogens with one attached hydrogen (secondary N) is 1. The molecule has 1 fully saturated rings. The van der Waals surface area contributed by atoms with Gasteiger partial charge in [-0.25, -0.2) is 0 Å². The molecule has 0 aromatic heterocycles. The molecule has 4 nitrogen and oxygen atoms in total. The summed E-state index contributed by atoms with van der Waals surface area (Å²) in [6.45, 7) is 6.57. The van der Waals surface area contributed by atoms with Gasteiger partial charge >= 0.3 is 0 Å². The van der Waals surface area contributed by atoms with E-state index in [1.54, 1.807) is 0 Å². The number of aliphatic hydroxyl groups is 1. The van der Waals surface area contributed by atoms with Gasteiger partial charge in [-0.1, -0.05) is 13.3 Å². The predicted octanol–water partition coefficient (Wildman–Crippen LogP) is 0.215. The van der Waals surface area contributed by atoms with Gasteiger partial charge in [0, 0.05) is 31.7 Å². The van der Waals surface area contributed by atoms with E-state index >= 15 is 0 Å². The quantitative estimate of drug-likeness (QED) is 0.665. The van der Waals surface area contributed by atoms with E-state index in [9.17, 15) is 4.79 Å². The number of carbonyl (C=O) groups excluding carboxylic acids is 1. The molecule has 2 N–H and O–H groups in total. The fourth-order valence-corrected chi connectivity index (χ4v) is 1.95. The molecular weight excluding hydrogens is 192 g/mol. The predicted molar refractivity (Wildman–Crippen MR) is 59.5 cm³/mol. The SMILES string of the molecule is CCCC(C)NC(=O)CN1CC(CO)C1. The molecule has 0 radical (unpaired) electrons. The molecule has 88 valence electrons. The minimum absolute atomic E-state index is 0.104. The van der Waals surface area contributed by atoms with Crippen molar-refractivity contribution in [2.75, 3.05) is 26.2 Å². The Bertz CT molecular complexity index is 203. The second-order valence-corrected chi connectivity index (χ2v) is 4.50. The van der Waals surface area contributed by atoms with E-state index in [1.165, 1.54) is 0 Å². The summed E-state index contributed by atoms with van der Waals surface area (Å²) in [4.78, 5) is 13.6. The van der Waals surface area contributed by atoms with E-state index < -0.39 is 0 Å². The molecule has 15 heavy (non-hydrogen) atoms. The fourth-order valence-electron chi connectivity index (χ4n) is 1.95. The highest BCUT2D eigenvalue weighted by Crippen LogP contribution is 2.13. The van der Waals surface area contributed by atoms with Gasteiger partial charge in [-0.3, -0.25) is 9.69 Å². The first-order chi connectivity index (χ1) is 7.15. The van der Waals surface area contributed by atoms with E-state index in [0.717, 1.165) is 25.9 Å². The number of aliphatic hydroxyl groups excluding tert-OH is 1. The van der Waals surface area contributed by atoms with Crippen molar-refractivity contribution in [1.82, 2.24) is 10.2 Å². The van der Waals surface area contributed by atoms with E-state index in [1.807, 2.05) is 6.92 Å². The number of hydrogen-bond donors (Lipinski definition) is 2. The third-order valence-corrected chi connectivity index (χ3v) is 2.79. The maximum Gasteiger partial charge on any atom is 0.234 e. The summed E-state index contributed by atoms with van der Waals surface area (Å²) in [5.41, 5.74) is 0. The van der Waals surface area contributed by atoms with Crippen LogP contribution in [0.4, 0.5) is 0 Å². The van der Waals surface area contributed by atoms with Gasteiger partial charge in [0.25, 0.3) is 0 Å². The number of carbonyl (C=O) groups is 1. The fraction of sp³-hybridized carbons (Fsp3) is 0.909. The van der Waals surface area contributed by atoms with Crippen LogP contribution in [0.15, 0.2) is 0 Å². The maximum absolute atomic E-state index is 11.5. The monoisotopic (exact) mass is 214 g/mol. The standard InChI is InChI=1S/C11H22N2O2/c1-3-4-9(2)12-11(15)7-13-5-10(6-13)8-14/h9-10,14H,3-8H2,1-2H3,(H,12,15). The van der Waals surface area contributed by atoms with Gasteiger partial charge in [-0.2, -0.15) is 0 Å². The normalized spacial score (nSPS) is 19.7. The zero-order valence-electron chi connectivity index (χ0n) is 9.70. The van der Waals surface area contributed by atoms with Gasteiger partial charge < -0.3 is 10.4 Å². The largest absolute Gasteiger partial charge is 0.396 e. The molecule has 1 heterocycles. The van der Waals surface area contributed by atoms with Gasteiger partial charge in [0.15, 0.2) is 0 Å². The summed E-state index contributed by atoms with van der Waals surface area (Å²) in [6, 6.07) is 0.275. The van der Waals surface area contributed by atoms with Crippen LogP contribution in [-0.2, 0) is 4.79 Å². The molecule has 1 rings (SSSR count). The van der Waals surface area contributed by atoms with Crippen LogP contribution in [-0.4, -0.2) is 48.2 Å². The zero-order chi connectivity index (χ0) is 11.3. The Labute approximate surface area is 91.6 Å². The Morgan fingerprint density at radius 1 is 1.60 bits per heavy atom. The van der Waals surface area contributed by atoms with Crippen LogP contribution in [0.5, 0.6) is 0 Å². The van der Waals surface area contributed by atoms with Gasteiger partial charge in [0.1, 0.15) is 0 Å². The molecule has 1 aliphatic rings. The topological polar surface area (TPSA) is 52.6 Å². The van der Waals surface area contributed by atoms with Crippen LogP contribution in [0.1, 0.15) is 26.7 Å². The third kappa shape index (κ3) is 4.18. The average Bonchev–Trinajstić information content (AvgIpc) is 2.10. The average molecular weight is 214 g/mol. The Kier molecular flexibility index (Phi) is 5.05. The molecule has 1 atom stereocenters. The first-order valence-corrected chi connectivity index (χ1v) is 5.78. The minimum Gasteiger partial charge on any atom is -0.396 e. The molecule has 0 aromatic carbocycles. The number of rotatable bonds is 6. The van der Waals surface area contributed by atoms with Crippen molar-refractivity contribution in [2.24, 2.45) is 5.92 Å². The van der Waals surface area contributed by atoms with Crippen molar-refractivity contribution in [2.45, 2.75) is 32.7 Å². The molecule has 0 aromatic rings. The maximum atomic E-state index is 11.5. The van der Waals surface area contributed by atoms with Crippen LogP contribution in [0.2, 0.25) is 0 Å². The molecule has 1 amide bonds. The van der Waals surface area contributed by atoms with E-state index in [4.69, 9.17) is 5.11 Å². The zero-order valence-corrected chi connectivity index (χ0v) is 9.70. The highest BCUT2D eigenvalue weighted by molar-refractivity contribution is 5.78. The van der Waals surface area contributed by atoms with Crippen molar-refractivity contribution in [1.29, 1.82) is 0 Å². The van der Waals surface area contributed by atoms with E-state index in [2.05, 4.69) is 17.1 Å². The molecule has 0 saturated carbocycles. The first kappa shape index (κ1) is 12.5. The van der Waals surface area contributed by atoms with Crippen molar-refractivity contribution >= 4 is 5.91 Å². The molecule has 0 spiro atoms. The van der Waals surface area contributed by atoms with Crippen LogP contribution in [0.3, 0.4) is 0 Å². The summed E-state index contributed by atoms with van der Waals surface area (Å²) < 4.78 is 0. The molecule has 1 saturated heterocycles. The molecule has 1 unspecified atom stereocenters. The highest BCUT2D eigenvalue weighted by atomic mass is 16.3. The molecule has 4 heteroatoms. The Morgan fingerprint density at radius 2 is 2.27 bits per heavy atom. The lowest BCUT2D eigenvalue weighted by Gasteiger charge is -2.37. The Hall–Kier alpha value is -0.610. The minimum atomic E-state index is 0.104. The smallest absolute Gasteiger partial charge is 0.234 e. The summed E-state index contributed by atoms with van der Waals surface area (Å²) in [7, 11) is 0. The van der Waals surface area contributed by atoms with E-state index in [-0.39, 0.29) is 18.6 Å². The van der Waals surface area contributed by atoms with Gasteiger partial charge in [0.05, 0.1) is 6.54 Å². The molecule has 1 aliphatic heterocycles. The summed E-state index contributed by atoms with van der Waals surface area (Å²) in [5, 5.41) is 11.8. The second-order valence-electron chi connectivity index (χ2n) is 4.50. The van der Waals surface area contributed by atoms with Crippen molar-refractivity contribution in [3.05, 3.63) is 0 Å². The molecular formula is C11H22N2O2. The Balaban J connectivity index is 2.09. The van der Waals surface area contributed by atoms with Crippen LogP contribution in [0, 0.1) is 5.92 Å². The summed E-state index contributed by atoms with van der Waals surface area (Å²) in [5.74, 6) is 0.484. The third-order valence-electron chi connectivity index (χ3n) is 2.79. The van der Waals surface area contributed by atoms with Gasteiger partial charge in [-0.05, 0) is 13.3 Å². The van der Waals surface area contributed by atoms with Gasteiger partial charge in [0.2, 0.25) is 5.91 Å². The molecule has 0 aliphatic carbocycles.